The van der Waals surface area contributed by atoms with Gasteiger partial charge in [-0.05, 0) is 48.9 Å². The van der Waals surface area contributed by atoms with Gasteiger partial charge in [0.05, 0.1) is 6.07 Å². The zero-order chi connectivity index (χ0) is 14.0. The van der Waals surface area contributed by atoms with Gasteiger partial charge in [0.15, 0.2) is 0 Å². The molecule has 1 aromatic carbocycles. The molecule has 20 heavy (non-hydrogen) atoms. The van der Waals surface area contributed by atoms with Crippen molar-refractivity contribution in [3.8, 4) is 6.07 Å². The number of nitriles is 1. The van der Waals surface area contributed by atoms with E-state index in [4.69, 9.17) is 0 Å². The fourth-order valence-corrected chi connectivity index (χ4v) is 4.06. The van der Waals surface area contributed by atoms with Crippen LogP contribution in [0.25, 0.3) is 0 Å². The van der Waals surface area contributed by atoms with Gasteiger partial charge in [-0.15, -0.1) is 0 Å². The van der Waals surface area contributed by atoms with E-state index in [0.717, 1.165) is 23.7 Å². The summed E-state index contributed by atoms with van der Waals surface area (Å²) >= 11 is 3.53. The first-order valence-electron chi connectivity index (χ1n) is 7.67. The number of hydrogen-bond donors (Lipinski definition) is 1. The van der Waals surface area contributed by atoms with Crippen molar-refractivity contribution in [1.29, 1.82) is 5.26 Å². The SMILES string of the molecule is N#CC1(NC2CCCCC2)CCc2cc(Br)ccc2C1. The largest absolute Gasteiger partial charge is 0.296 e. The van der Waals surface area contributed by atoms with Crippen molar-refractivity contribution in [2.24, 2.45) is 0 Å². The highest BCUT2D eigenvalue weighted by atomic mass is 79.9. The van der Waals surface area contributed by atoms with Gasteiger partial charge >= 0.3 is 0 Å². The number of rotatable bonds is 2. The Morgan fingerprint density at radius 2 is 2.00 bits per heavy atom. The van der Waals surface area contributed by atoms with Crippen LogP contribution >= 0.6 is 15.9 Å². The van der Waals surface area contributed by atoms with Gasteiger partial charge in [0.1, 0.15) is 5.54 Å². The molecule has 3 rings (SSSR count). The summed E-state index contributed by atoms with van der Waals surface area (Å²) in [5, 5.41) is 13.4. The van der Waals surface area contributed by atoms with Crippen LogP contribution in [0, 0.1) is 11.3 Å². The second-order valence-corrected chi connectivity index (χ2v) is 7.18. The average molecular weight is 333 g/mol. The van der Waals surface area contributed by atoms with Crippen LogP contribution in [0.5, 0.6) is 0 Å². The van der Waals surface area contributed by atoms with Crippen molar-refractivity contribution < 1.29 is 0 Å². The fourth-order valence-electron chi connectivity index (χ4n) is 3.65. The van der Waals surface area contributed by atoms with Gasteiger partial charge in [0.25, 0.3) is 0 Å². The molecule has 0 aliphatic heterocycles. The summed E-state index contributed by atoms with van der Waals surface area (Å²) in [5.41, 5.74) is 2.39. The summed E-state index contributed by atoms with van der Waals surface area (Å²) in [6.07, 6.45) is 9.22. The molecule has 1 atom stereocenters. The zero-order valence-electron chi connectivity index (χ0n) is 11.8. The standard InChI is InChI=1S/C17H21BrN2/c18-15-7-6-14-11-17(12-19,9-8-13(14)10-15)20-16-4-2-1-3-5-16/h6-7,10,16,20H,1-5,8-9,11H2. The molecule has 1 aromatic rings. The number of benzene rings is 1. The summed E-state index contributed by atoms with van der Waals surface area (Å²) < 4.78 is 1.14. The van der Waals surface area contributed by atoms with Gasteiger partial charge in [-0.3, -0.25) is 5.32 Å². The van der Waals surface area contributed by atoms with Crippen LogP contribution in [0.3, 0.4) is 0 Å². The minimum absolute atomic E-state index is 0.344. The molecule has 0 radical (unpaired) electrons. The summed E-state index contributed by atoms with van der Waals surface area (Å²) in [6.45, 7) is 0. The van der Waals surface area contributed by atoms with Crippen LogP contribution in [0.2, 0.25) is 0 Å². The molecule has 0 saturated heterocycles. The summed E-state index contributed by atoms with van der Waals surface area (Å²) in [4.78, 5) is 0. The van der Waals surface area contributed by atoms with Gasteiger partial charge < -0.3 is 0 Å². The van der Waals surface area contributed by atoms with Crippen molar-refractivity contribution in [1.82, 2.24) is 5.32 Å². The van der Waals surface area contributed by atoms with Crippen LogP contribution < -0.4 is 5.32 Å². The summed E-state index contributed by atoms with van der Waals surface area (Å²) in [5.74, 6) is 0. The van der Waals surface area contributed by atoms with Crippen molar-refractivity contribution >= 4 is 15.9 Å². The van der Waals surface area contributed by atoms with E-state index < -0.39 is 0 Å². The van der Waals surface area contributed by atoms with Gasteiger partial charge in [-0.2, -0.15) is 5.26 Å². The molecule has 1 saturated carbocycles. The van der Waals surface area contributed by atoms with Crippen LogP contribution in [-0.2, 0) is 12.8 Å². The predicted octanol–water partition coefficient (Wildman–Crippen LogP) is 4.12. The van der Waals surface area contributed by atoms with Gasteiger partial charge in [-0.25, -0.2) is 0 Å². The van der Waals surface area contributed by atoms with Crippen molar-refractivity contribution in [2.45, 2.75) is 62.9 Å². The Balaban J connectivity index is 1.77. The Labute approximate surface area is 129 Å². The van der Waals surface area contributed by atoms with E-state index in [1.165, 1.54) is 43.2 Å². The lowest BCUT2D eigenvalue weighted by Gasteiger charge is -2.38. The van der Waals surface area contributed by atoms with Crippen molar-refractivity contribution in [3.63, 3.8) is 0 Å². The first-order valence-corrected chi connectivity index (χ1v) is 8.46. The smallest absolute Gasteiger partial charge is 0.111 e. The fraction of sp³-hybridized carbons (Fsp3) is 0.588. The molecule has 2 nitrogen and oxygen atoms in total. The maximum atomic E-state index is 9.73. The molecule has 1 unspecified atom stereocenters. The molecule has 0 spiro atoms. The Hall–Kier alpha value is -0.850. The molecular weight excluding hydrogens is 312 g/mol. The lowest BCUT2D eigenvalue weighted by atomic mass is 9.77. The molecule has 0 aromatic heterocycles. The topological polar surface area (TPSA) is 35.8 Å². The molecule has 2 aliphatic carbocycles. The first-order chi connectivity index (χ1) is 9.71. The Morgan fingerprint density at radius 1 is 1.20 bits per heavy atom. The molecular formula is C17H21BrN2. The quantitative estimate of drug-likeness (QED) is 0.884. The van der Waals surface area contributed by atoms with E-state index in [0.29, 0.717) is 6.04 Å². The number of nitrogens with zero attached hydrogens (tertiary/aromatic N) is 1. The number of nitrogens with one attached hydrogen (secondary N) is 1. The number of hydrogen-bond acceptors (Lipinski definition) is 2. The Bertz CT molecular complexity index is 528. The minimum atomic E-state index is -0.344. The van der Waals surface area contributed by atoms with Gasteiger partial charge in [0, 0.05) is 16.9 Å². The molecule has 0 amide bonds. The van der Waals surface area contributed by atoms with Gasteiger partial charge in [-0.1, -0.05) is 41.3 Å². The molecule has 106 valence electrons. The molecule has 1 N–H and O–H groups in total. The van der Waals surface area contributed by atoms with Crippen LogP contribution in [0.4, 0.5) is 0 Å². The highest BCUT2D eigenvalue weighted by Crippen LogP contribution is 2.32. The van der Waals surface area contributed by atoms with Crippen LogP contribution in [0.1, 0.15) is 49.7 Å². The number of halogens is 1. The third-order valence-corrected chi connectivity index (χ3v) is 5.27. The zero-order valence-corrected chi connectivity index (χ0v) is 13.4. The second kappa shape index (κ2) is 5.87. The number of aryl methyl sites for hydroxylation is 1. The number of fused-ring (bicyclic) bond motifs is 1. The lowest BCUT2D eigenvalue weighted by Crippen LogP contribution is -2.53. The molecule has 3 heteroatoms. The molecule has 1 fully saturated rings. The lowest BCUT2D eigenvalue weighted by molar-refractivity contribution is 0.273. The van der Waals surface area contributed by atoms with E-state index in [1.54, 1.807) is 0 Å². The van der Waals surface area contributed by atoms with E-state index >= 15 is 0 Å². The maximum Gasteiger partial charge on any atom is 0.111 e. The van der Waals surface area contributed by atoms with Gasteiger partial charge in [0.2, 0.25) is 0 Å². The monoisotopic (exact) mass is 332 g/mol. The average Bonchev–Trinajstić information content (AvgIpc) is 2.48. The molecule has 0 heterocycles. The predicted molar refractivity (Wildman–Crippen MR) is 84.5 cm³/mol. The van der Waals surface area contributed by atoms with Crippen molar-refractivity contribution in [2.75, 3.05) is 0 Å². The second-order valence-electron chi connectivity index (χ2n) is 6.26. The van der Waals surface area contributed by atoms with Crippen LogP contribution in [0.15, 0.2) is 22.7 Å². The summed E-state index contributed by atoms with van der Waals surface area (Å²) in [6, 6.07) is 9.61. The first kappa shape index (κ1) is 14.1. The highest BCUT2D eigenvalue weighted by molar-refractivity contribution is 9.10. The molecule has 0 bridgehead atoms. The summed E-state index contributed by atoms with van der Waals surface area (Å²) in [7, 11) is 0. The minimum Gasteiger partial charge on any atom is -0.296 e. The van der Waals surface area contributed by atoms with Crippen molar-refractivity contribution in [3.05, 3.63) is 33.8 Å². The van der Waals surface area contributed by atoms with E-state index in [9.17, 15) is 5.26 Å². The van der Waals surface area contributed by atoms with E-state index in [1.807, 2.05) is 0 Å². The molecule has 2 aliphatic rings. The Morgan fingerprint density at radius 3 is 2.75 bits per heavy atom. The van der Waals surface area contributed by atoms with E-state index in [2.05, 4.69) is 45.5 Å². The highest BCUT2D eigenvalue weighted by Gasteiger charge is 2.36. The maximum absolute atomic E-state index is 9.73. The third kappa shape index (κ3) is 2.92. The van der Waals surface area contributed by atoms with E-state index in [-0.39, 0.29) is 5.54 Å². The third-order valence-electron chi connectivity index (χ3n) is 4.78. The Kier molecular flexibility index (Phi) is 4.14. The van der Waals surface area contributed by atoms with Crippen LogP contribution in [-0.4, -0.2) is 11.6 Å². The normalized spacial score (nSPS) is 26.8.